The van der Waals surface area contributed by atoms with Crippen molar-refractivity contribution >= 4 is 22.5 Å². The smallest absolute Gasteiger partial charge is 0.297 e. The number of methoxy groups -OCH3 is 1. The first-order valence-corrected chi connectivity index (χ1v) is 9.80. The number of hydrogen-bond acceptors (Lipinski definition) is 6. The van der Waals surface area contributed by atoms with Crippen molar-refractivity contribution in [2.24, 2.45) is 0 Å². The summed E-state index contributed by atoms with van der Waals surface area (Å²) in [6, 6.07) is 13.9. The molecule has 2 aromatic carbocycles. The summed E-state index contributed by atoms with van der Waals surface area (Å²) in [6.45, 7) is 5.28. The molecule has 0 aliphatic rings. The Bertz CT molecular complexity index is 1340. The maximum absolute atomic E-state index is 13.1. The monoisotopic (exact) mass is 418 g/mol. The number of amides is 1. The number of nitrogens with one attached hydrogen (secondary N) is 1. The number of aryl methyl sites for hydroxylation is 2. The molecule has 8 heteroatoms. The van der Waals surface area contributed by atoms with Crippen LogP contribution < -0.4 is 15.6 Å². The summed E-state index contributed by atoms with van der Waals surface area (Å²) >= 11 is 0. The van der Waals surface area contributed by atoms with Crippen molar-refractivity contribution < 1.29 is 14.1 Å². The first-order chi connectivity index (χ1) is 14.9. The van der Waals surface area contributed by atoms with Crippen LogP contribution in [0.1, 0.15) is 24.3 Å². The van der Waals surface area contributed by atoms with E-state index in [4.69, 9.17) is 9.26 Å². The van der Waals surface area contributed by atoms with E-state index in [1.807, 2.05) is 43.3 Å². The van der Waals surface area contributed by atoms with E-state index in [0.29, 0.717) is 28.3 Å². The van der Waals surface area contributed by atoms with Crippen LogP contribution in [0.25, 0.3) is 22.2 Å². The molecule has 0 saturated carbocycles. The van der Waals surface area contributed by atoms with Crippen molar-refractivity contribution in [1.29, 1.82) is 0 Å². The lowest BCUT2D eigenvalue weighted by Gasteiger charge is -2.16. The van der Waals surface area contributed by atoms with Crippen LogP contribution in [0.2, 0.25) is 0 Å². The fourth-order valence-electron chi connectivity index (χ4n) is 3.42. The highest BCUT2D eigenvalue weighted by molar-refractivity contribution is 5.95. The molecule has 2 aromatic heterocycles. The van der Waals surface area contributed by atoms with Gasteiger partial charge in [-0.05, 0) is 50.6 Å². The van der Waals surface area contributed by atoms with Crippen LogP contribution in [0, 0.1) is 13.8 Å². The number of rotatable bonds is 5. The van der Waals surface area contributed by atoms with Gasteiger partial charge in [0, 0.05) is 11.3 Å². The highest BCUT2D eigenvalue weighted by Crippen LogP contribution is 2.30. The minimum atomic E-state index is -0.876. The zero-order valence-electron chi connectivity index (χ0n) is 17.7. The summed E-state index contributed by atoms with van der Waals surface area (Å²) in [5.41, 5.74) is 2.50. The Labute approximate surface area is 178 Å². The van der Waals surface area contributed by atoms with E-state index in [0.717, 1.165) is 15.8 Å². The molecule has 158 valence electrons. The molecular formula is C23H22N4O4. The first kappa shape index (κ1) is 20.3. The van der Waals surface area contributed by atoms with Crippen molar-refractivity contribution in [2.75, 3.05) is 12.4 Å². The molecule has 0 bridgehead atoms. The molecule has 0 fully saturated rings. The zero-order valence-corrected chi connectivity index (χ0v) is 17.7. The number of benzene rings is 2. The molecule has 1 atom stereocenters. The second-order valence-corrected chi connectivity index (χ2v) is 7.33. The van der Waals surface area contributed by atoms with Gasteiger partial charge in [-0.25, -0.2) is 4.68 Å². The third-order valence-corrected chi connectivity index (χ3v) is 5.09. The standard InChI is InChI=1S/C23H22N4O4/c1-13-7-5-9-17(11-13)24-22(28)14(2)27-23(29)21-19(15(3)31-26-21)20(25-27)16-8-6-10-18(12-16)30-4/h5-12,14H,1-4H3,(H,24,28)/t14-/m0/s1. The van der Waals surface area contributed by atoms with Gasteiger partial charge in [-0.3, -0.25) is 9.59 Å². The van der Waals surface area contributed by atoms with E-state index >= 15 is 0 Å². The predicted octanol–water partition coefficient (Wildman–Crippen LogP) is 3.88. The molecule has 0 radical (unpaired) electrons. The largest absolute Gasteiger partial charge is 0.497 e. The van der Waals surface area contributed by atoms with Crippen LogP contribution in [0.5, 0.6) is 5.75 Å². The van der Waals surface area contributed by atoms with Crippen LogP contribution in [0.15, 0.2) is 57.8 Å². The molecule has 0 aliphatic carbocycles. The third-order valence-electron chi connectivity index (χ3n) is 5.09. The average molecular weight is 418 g/mol. The van der Waals surface area contributed by atoms with E-state index < -0.39 is 11.6 Å². The Morgan fingerprint density at radius 1 is 1.16 bits per heavy atom. The number of nitrogens with zero attached hydrogens (tertiary/aromatic N) is 3. The van der Waals surface area contributed by atoms with Gasteiger partial charge in [0.1, 0.15) is 23.2 Å². The molecular weight excluding hydrogens is 396 g/mol. The van der Waals surface area contributed by atoms with Gasteiger partial charge in [-0.15, -0.1) is 0 Å². The van der Waals surface area contributed by atoms with Crippen LogP contribution in [-0.2, 0) is 4.79 Å². The van der Waals surface area contributed by atoms with Crippen LogP contribution >= 0.6 is 0 Å². The number of ether oxygens (including phenoxy) is 1. The summed E-state index contributed by atoms with van der Waals surface area (Å²) < 4.78 is 11.7. The van der Waals surface area contributed by atoms with E-state index in [1.54, 1.807) is 33.1 Å². The van der Waals surface area contributed by atoms with Crippen LogP contribution in [0.4, 0.5) is 5.69 Å². The number of carbonyl (C=O) groups is 1. The Morgan fingerprint density at radius 3 is 2.68 bits per heavy atom. The Balaban J connectivity index is 1.82. The maximum atomic E-state index is 13.1. The van der Waals surface area contributed by atoms with Gasteiger partial charge in [0.25, 0.3) is 5.56 Å². The Hall–Kier alpha value is -3.94. The lowest BCUT2D eigenvalue weighted by atomic mass is 10.1. The van der Waals surface area contributed by atoms with Crippen molar-refractivity contribution in [3.63, 3.8) is 0 Å². The number of anilines is 1. The SMILES string of the molecule is COc1cccc(-c2nn([C@@H](C)C(=O)Nc3cccc(C)c3)c(=O)c3noc(C)c23)c1. The Morgan fingerprint density at radius 2 is 1.94 bits per heavy atom. The number of fused-ring (bicyclic) bond motifs is 1. The Kier molecular flexibility index (Phi) is 5.29. The highest BCUT2D eigenvalue weighted by atomic mass is 16.5. The van der Waals surface area contributed by atoms with Gasteiger partial charge in [-0.2, -0.15) is 5.10 Å². The molecule has 1 N–H and O–H groups in total. The van der Waals surface area contributed by atoms with Crippen molar-refractivity contribution in [1.82, 2.24) is 14.9 Å². The van der Waals surface area contributed by atoms with Gasteiger partial charge < -0.3 is 14.6 Å². The van der Waals surface area contributed by atoms with Crippen molar-refractivity contribution in [2.45, 2.75) is 26.8 Å². The summed E-state index contributed by atoms with van der Waals surface area (Å²) in [7, 11) is 1.57. The van der Waals surface area contributed by atoms with E-state index in [9.17, 15) is 9.59 Å². The number of aromatic nitrogens is 3. The van der Waals surface area contributed by atoms with Crippen molar-refractivity contribution in [3.05, 3.63) is 70.2 Å². The lowest BCUT2D eigenvalue weighted by molar-refractivity contribution is -0.119. The third kappa shape index (κ3) is 3.79. The molecule has 0 saturated heterocycles. The van der Waals surface area contributed by atoms with Crippen molar-refractivity contribution in [3.8, 4) is 17.0 Å². The summed E-state index contributed by atoms with van der Waals surface area (Å²) in [5.74, 6) is 0.752. The lowest BCUT2D eigenvalue weighted by Crippen LogP contribution is -2.34. The van der Waals surface area contributed by atoms with Crippen LogP contribution in [-0.4, -0.2) is 28.0 Å². The molecule has 4 aromatic rings. The topological polar surface area (TPSA) is 99.2 Å². The van der Waals surface area contributed by atoms with E-state index in [1.165, 1.54) is 0 Å². The predicted molar refractivity (Wildman–Crippen MR) is 117 cm³/mol. The molecule has 0 spiro atoms. The minimum Gasteiger partial charge on any atom is -0.497 e. The number of carbonyl (C=O) groups excluding carboxylic acids is 1. The first-order valence-electron chi connectivity index (χ1n) is 9.80. The molecule has 1 amide bonds. The van der Waals surface area contributed by atoms with Crippen LogP contribution in [0.3, 0.4) is 0 Å². The maximum Gasteiger partial charge on any atom is 0.297 e. The van der Waals surface area contributed by atoms with Gasteiger partial charge in [-0.1, -0.05) is 29.4 Å². The molecule has 31 heavy (non-hydrogen) atoms. The van der Waals surface area contributed by atoms with Gasteiger partial charge in [0.15, 0.2) is 5.52 Å². The number of hydrogen-bond donors (Lipinski definition) is 1. The summed E-state index contributed by atoms with van der Waals surface area (Å²) in [6.07, 6.45) is 0. The van der Waals surface area contributed by atoms with E-state index in [-0.39, 0.29) is 11.4 Å². The highest BCUT2D eigenvalue weighted by Gasteiger charge is 2.24. The quantitative estimate of drug-likeness (QED) is 0.528. The molecule has 2 heterocycles. The molecule has 0 unspecified atom stereocenters. The molecule has 4 rings (SSSR count). The van der Waals surface area contributed by atoms with Gasteiger partial charge in [0.2, 0.25) is 5.91 Å². The van der Waals surface area contributed by atoms with E-state index in [2.05, 4.69) is 15.6 Å². The summed E-state index contributed by atoms with van der Waals surface area (Å²) in [4.78, 5) is 26.0. The van der Waals surface area contributed by atoms with Gasteiger partial charge >= 0.3 is 0 Å². The average Bonchev–Trinajstić information content (AvgIpc) is 3.16. The minimum absolute atomic E-state index is 0.125. The van der Waals surface area contributed by atoms with Gasteiger partial charge in [0.05, 0.1) is 12.5 Å². The normalized spacial score (nSPS) is 12.0. The fraction of sp³-hybridized carbons (Fsp3) is 0.217. The summed E-state index contributed by atoms with van der Waals surface area (Å²) in [5, 5.41) is 11.8. The second-order valence-electron chi connectivity index (χ2n) is 7.33. The fourth-order valence-corrected chi connectivity index (χ4v) is 3.42. The second kappa shape index (κ2) is 8.06. The molecule has 0 aliphatic heterocycles. The zero-order chi connectivity index (χ0) is 22.1. The molecule has 8 nitrogen and oxygen atoms in total.